The van der Waals surface area contributed by atoms with Gasteiger partial charge in [0.1, 0.15) is 36.6 Å². The van der Waals surface area contributed by atoms with Gasteiger partial charge >= 0.3 is 7.82 Å². The van der Waals surface area contributed by atoms with Crippen molar-refractivity contribution < 1.29 is 59.0 Å². The highest BCUT2D eigenvalue weighted by molar-refractivity contribution is 7.47. The van der Waals surface area contributed by atoms with E-state index in [9.17, 15) is 50.0 Å². The smallest absolute Gasteiger partial charge is 0.393 e. The first-order valence-electron chi connectivity index (χ1n) is 19.6. The summed E-state index contributed by atoms with van der Waals surface area (Å²) in [5.74, 6) is -0.563. The van der Waals surface area contributed by atoms with Gasteiger partial charge in [0.15, 0.2) is 0 Å². The Bertz CT molecular complexity index is 885. The number of phosphoric acid groups is 1. The Morgan fingerprint density at radius 3 is 1.44 bits per heavy atom. The third-order valence-corrected chi connectivity index (χ3v) is 10.7. The number of phosphoric ester groups is 1. The summed E-state index contributed by atoms with van der Waals surface area (Å²) >= 11 is 0. The Labute approximate surface area is 300 Å². The zero-order chi connectivity index (χ0) is 37.4. The van der Waals surface area contributed by atoms with Crippen molar-refractivity contribution in [3.8, 4) is 0 Å². The maximum atomic E-state index is 12.9. The SMILES string of the molecule is CCCCCCCCCCCCCC(O)CC(=O)NC(COP(=O)(O)OC1C(O)C(O)C(O)C(O)C1O)C(O)CCCCCCCCCCC. The first-order chi connectivity index (χ1) is 23.8. The third-order valence-electron chi connectivity index (χ3n) is 9.72. The van der Waals surface area contributed by atoms with Crippen LogP contribution < -0.4 is 5.32 Å². The lowest BCUT2D eigenvalue weighted by atomic mass is 9.85. The molecule has 0 aromatic carbocycles. The van der Waals surface area contributed by atoms with E-state index in [-0.39, 0.29) is 12.8 Å². The molecule has 1 fully saturated rings. The first-order valence-corrected chi connectivity index (χ1v) is 21.1. The van der Waals surface area contributed by atoms with Gasteiger partial charge in [0, 0.05) is 0 Å². The molecule has 50 heavy (non-hydrogen) atoms. The molecule has 9 N–H and O–H groups in total. The second kappa shape index (κ2) is 27.8. The molecule has 0 bridgehead atoms. The molecule has 1 amide bonds. The third kappa shape index (κ3) is 20.5. The molecular weight excluding hydrogens is 669 g/mol. The number of unbranched alkanes of at least 4 members (excludes halogenated alkanes) is 18. The van der Waals surface area contributed by atoms with Gasteiger partial charge in [-0.2, -0.15) is 0 Å². The van der Waals surface area contributed by atoms with Crippen LogP contribution in [0.15, 0.2) is 0 Å². The molecule has 0 aromatic rings. The van der Waals surface area contributed by atoms with Gasteiger partial charge in [-0.05, 0) is 12.8 Å². The monoisotopic (exact) mass is 741 g/mol. The molecule has 0 saturated heterocycles. The Morgan fingerprint density at radius 1 is 0.620 bits per heavy atom. The average molecular weight is 742 g/mol. The molecule has 0 spiro atoms. The van der Waals surface area contributed by atoms with Crippen LogP contribution in [0.5, 0.6) is 0 Å². The van der Waals surface area contributed by atoms with E-state index in [0.717, 1.165) is 51.4 Å². The molecule has 1 rings (SSSR count). The van der Waals surface area contributed by atoms with Crippen LogP contribution in [-0.2, 0) is 18.4 Å². The summed E-state index contributed by atoms with van der Waals surface area (Å²) in [6.07, 6.45) is 9.05. The predicted molar refractivity (Wildman–Crippen MR) is 192 cm³/mol. The Morgan fingerprint density at radius 2 is 1.00 bits per heavy atom. The Balaban J connectivity index is 2.61. The maximum absolute atomic E-state index is 12.9. The topological polar surface area (TPSA) is 226 Å². The molecule has 8 unspecified atom stereocenters. The quantitative estimate of drug-likeness (QED) is 0.0353. The minimum Gasteiger partial charge on any atom is -0.393 e. The van der Waals surface area contributed by atoms with Crippen molar-refractivity contribution in [1.82, 2.24) is 5.32 Å². The molecule has 0 heterocycles. The van der Waals surface area contributed by atoms with Crippen molar-refractivity contribution >= 4 is 13.7 Å². The van der Waals surface area contributed by atoms with Crippen LogP contribution in [0, 0.1) is 0 Å². The van der Waals surface area contributed by atoms with Crippen molar-refractivity contribution in [2.45, 2.75) is 216 Å². The normalized spacial score (nSPS) is 25.6. The zero-order valence-corrected chi connectivity index (χ0v) is 31.7. The van der Waals surface area contributed by atoms with Crippen LogP contribution in [-0.4, -0.2) is 108 Å². The van der Waals surface area contributed by atoms with Gasteiger partial charge in [-0.1, -0.05) is 142 Å². The summed E-state index contributed by atoms with van der Waals surface area (Å²) in [7, 11) is -5.10. The van der Waals surface area contributed by atoms with E-state index >= 15 is 0 Å². The highest BCUT2D eigenvalue weighted by atomic mass is 31.2. The number of amides is 1. The molecule has 1 saturated carbocycles. The number of hydrogen-bond acceptors (Lipinski definition) is 11. The standard InChI is InChI=1S/C36H72NO12P/c1-3-5-7-9-11-13-14-16-17-19-21-23-27(38)25-30(40)37-28(29(39)24-22-20-18-15-12-10-8-6-4-2)26-48-50(46,47)49-36-34(44)32(42)31(41)33(43)35(36)45/h27-29,31-36,38-39,41-45H,3-26H2,1-2H3,(H,37,40)(H,46,47). The molecule has 8 atom stereocenters. The summed E-state index contributed by atoms with van der Waals surface area (Å²) in [6.45, 7) is 3.71. The van der Waals surface area contributed by atoms with E-state index in [0.29, 0.717) is 12.8 Å². The van der Waals surface area contributed by atoms with Crippen molar-refractivity contribution in [2.75, 3.05) is 6.61 Å². The van der Waals surface area contributed by atoms with Crippen LogP contribution >= 0.6 is 7.82 Å². The van der Waals surface area contributed by atoms with Crippen molar-refractivity contribution in [2.24, 2.45) is 0 Å². The van der Waals surface area contributed by atoms with Crippen LogP contribution in [0.1, 0.15) is 162 Å². The number of nitrogens with one attached hydrogen (secondary N) is 1. The van der Waals surface area contributed by atoms with Crippen molar-refractivity contribution in [3.63, 3.8) is 0 Å². The highest BCUT2D eigenvalue weighted by Crippen LogP contribution is 2.47. The number of carbonyl (C=O) groups excluding carboxylic acids is 1. The van der Waals surface area contributed by atoms with Crippen molar-refractivity contribution in [3.05, 3.63) is 0 Å². The molecular formula is C36H72NO12P. The van der Waals surface area contributed by atoms with E-state index in [2.05, 4.69) is 19.2 Å². The summed E-state index contributed by atoms with van der Waals surface area (Å²) in [6, 6.07) is -1.14. The van der Waals surface area contributed by atoms with E-state index in [1.54, 1.807) is 0 Å². The second-order valence-corrected chi connectivity index (χ2v) is 15.7. The largest absolute Gasteiger partial charge is 0.472 e. The zero-order valence-electron chi connectivity index (χ0n) is 30.8. The summed E-state index contributed by atoms with van der Waals surface area (Å²) in [5.41, 5.74) is 0. The van der Waals surface area contributed by atoms with E-state index < -0.39 is 75.2 Å². The molecule has 14 heteroatoms. The lowest BCUT2D eigenvalue weighted by molar-refractivity contribution is -0.220. The van der Waals surface area contributed by atoms with Crippen LogP contribution in [0.3, 0.4) is 0 Å². The van der Waals surface area contributed by atoms with Crippen molar-refractivity contribution in [1.29, 1.82) is 0 Å². The average Bonchev–Trinajstić information content (AvgIpc) is 3.08. The second-order valence-electron chi connectivity index (χ2n) is 14.3. The fourth-order valence-corrected chi connectivity index (χ4v) is 7.39. The summed E-state index contributed by atoms with van der Waals surface area (Å²) < 4.78 is 22.7. The number of rotatable bonds is 31. The fraction of sp³-hybridized carbons (Fsp3) is 0.972. The van der Waals surface area contributed by atoms with Gasteiger partial charge in [-0.15, -0.1) is 0 Å². The van der Waals surface area contributed by atoms with Gasteiger partial charge in [0.25, 0.3) is 0 Å². The lowest BCUT2D eigenvalue weighted by Crippen LogP contribution is -2.64. The minimum atomic E-state index is -5.10. The number of aliphatic hydroxyl groups is 7. The maximum Gasteiger partial charge on any atom is 0.472 e. The molecule has 0 aliphatic heterocycles. The fourth-order valence-electron chi connectivity index (χ4n) is 6.42. The van der Waals surface area contributed by atoms with Crippen LogP contribution in [0.25, 0.3) is 0 Å². The molecule has 13 nitrogen and oxygen atoms in total. The number of aliphatic hydroxyl groups excluding tert-OH is 7. The Kier molecular flexibility index (Phi) is 26.3. The van der Waals surface area contributed by atoms with E-state index in [1.807, 2.05) is 0 Å². The number of hydrogen-bond donors (Lipinski definition) is 9. The van der Waals surface area contributed by atoms with Gasteiger partial charge in [0.2, 0.25) is 5.91 Å². The van der Waals surface area contributed by atoms with Crippen LogP contribution in [0.2, 0.25) is 0 Å². The predicted octanol–water partition coefficient (Wildman–Crippen LogP) is 4.53. The van der Waals surface area contributed by atoms with Gasteiger partial charge < -0.3 is 46.0 Å². The summed E-state index contributed by atoms with van der Waals surface area (Å²) in [4.78, 5) is 23.2. The van der Waals surface area contributed by atoms with Gasteiger partial charge in [-0.25, -0.2) is 4.57 Å². The molecule has 0 radical (unpaired) electrons. The molecule has 298 valence electrons. The highest BCUT2D eigenvalue weighted by Gasteiger charge is 2.51. The molecule has 0 aromatic heterocycles. The minimum absolute atomic E-state index is 0.217. The molecule has 1 aliphatic rings. The summed E-state index contributed by atoms with van der Waals surface area (Å²) in [5, 5.41) is 74.0. The Hall–Kier alpha value is -0.700. The van der Waals surface area contributed by atoms with Gasteiger partial charge in [-0.3, -0.25) is 13.8 Å². The van der Waals surface area contributed by atoms with Crippen LogP contribution in [0.4, 0.5) is 0 Å². The lowest BCUT2D eigenvalue weighted by Gasteiger charge is -2.41. The molecule has 1 aliphatic carbocycles. The first kappa shape index (κ1) is 47.3. The van der Waals surface area contributed by atoms with Gasteiger partial charge in [0.05, 0.1) is 31.3 Å². The number of carbonyl (C=O) groups is 1. The van der Waals surface area contributed by atoms with E-state index in [4.69, 9.17) is 9.05 Å². The van der Waals surface area contributed by atoms with E-state index in [1.165, 1.54) is 70.6 Å².